The first-order valence-corrected chi connectivity index (χ1v) is 25.7. The molecule has 0 radical (unpaired) electrons. The van der Waals surface area contributed by atoms with Gasteiger partial charge in [-0.25, -0.2) is 19.9 Å². The fourth-order valence-corrected chi connectivity index (χ4v) is 6.99. The summed E-state index contributed by atoms with van der Waals surface area (Å²) in [5.41, 5.74) is 2.29. The maximum Gasteiger partial charge on any atom is 2.00 e. The summed E-state index contributed by atoms with van der Waals surface area (Å²) in [6, 6.07) is 25.5. The number of hydrogen-bond donors (Lipinski definition) is 0. The first kappa shape index (κ1) is 57.6. The van der Waals surface area contributed by atoms with Crippen LogP contribution in [-0.2, 0) is 24.3 Å². The zero-order valence-electron chi connectivity index (χ0n) is 37.1. The van der Waals surface area contributed by atoms with Crippen LogP contribution in [0.1, 0.15) is 39.5 Å². The van der Waals surface area contributed by atoms with Gasteiger partial charge in [-0.1, -0.05) is 46.3 Å². The van der Waals surface area contributed by atoms with Gasteiger partial charge in [-0.15, -0.1) is 0 Å². The molecule has 4 aliphatic heterocycles. The van der Waals surface area contributed by atoms with Crippen LogP contribution in [0.2, 0.25) is 0 Å². The molecule has 0 amide bonds. The summed E-state index contributed by atoms with van der Waals surface area (Å²) in [5, 5.41) is 0. The van der Waals surface area contributed by atoms with Crippen LogP contribution in [-0.4, -0.2) is 110 Å². The van der Waals surface area contributed by atoms with Crippen molar-refractivity contribution < 1.29 is 74.6 Å². The average Bonchev–Trinajstić information content (AvgIpc) is 3.27. The zero-order chi connectivity index (χ0) is 50.8. The normalized spacial score (nSPS) is 17.4. The minimum absolute atomic E-state index is 0. The third kappa shape index (κ3) is 22.0. The van der Waals surface area contributed by atoms with E-state index in [4.69, 9.17) is 15.0 Å². The molecule has 8 heterocycles. The fraction of sp³-hybridized carbons (Fsp3) is 0.341. The molecular formula is C41H45BrF12N12OP2Ru. The Kier molecular flexibility index (Phi) is 17.9. The number of fused-ring (bicyclic) bond motifs is 2. The molecule has 0 N–H and O–H groups in total. The fourth-order valence-electron chi connectivity index (χ4n) is 6.73. The number of aromatic nitrogens is 6. The van der Waals surface area contributed by atoms with Crippen molar-refractivity contribution >= 4 is 60.9 Å². The van der Waals surface area contributed by atoms with E-state index in [1.54, 1.807) is 12.4 Å². The maximum absolute atomic E-state index is 10.7. The number of hydrogen-bond acceptors (Lipinski definition) is 13. The second-order valence-corrected chi connectivity index (χ2v) is 20.2. The van der Waals surface area contributed by atoms with E-state index in [1.807, 2.05) is 60.7 Å². The third-order valence-electron chi connectivity index (χ3n) is 9.15. The maximum atomic E-state index is 9.87. The van der Waals surface area contributed by atoms with Crippen molar-refractivity contribution in [2.24, 2.45) is 9.98 Å². The Morgan fingerprint density at radius 1 is 0.500 bits per heavy atom. The molecular weight excluding hydrogens is 1150 g/mol. The number of nitrogens with zero attached hydrogens (tertiary/aromatic N) is 12. The van der Waals surface area contributed by atoms with E-state index in [9.17, 15) is 55.2 Å². The second-order valence-electron chi connectivity index (χ2n) is 15.5. The number of halogens is 13. The molecule has 0 spiro atoms. The predicted octanol–water partition coefficient (Wildman–Crippen LogP) is 13.4. The molecule has 0 bridgehead atoms. The summed E-state index contributed by atoms with van der Waals surface area (Å²) >= 11 is 3.45. The van der Waals surface area contributed by atoms with E-state index in [0.717, 1.165) is 112 Å². The monoisotopic (exact) mass is 1190 g/mol. The van der Waals surface area contributed by atoms with Crippen molar-refractivity contribution in [1.82, 2.24) is 39.7 Å². The van der Waals surface area contributed by atoms with E-state index in [1.165, 1.54) is 13.8 Å². The number of benzene rings is 1. The first-order valence-electron chi connectivity index (χ1n) is 20.9. The second kappa shape index (κ2) is 21.8. The Morgan fingerprint density at radius 2 is 0.871 bits per heavy atom. The average molecular weight is 1190 g/mol. The van der Waals surface area contributed by atoms with Crippen molar-refractivity contribution in [3.63, 3.8) is 0 Å². The molecule has 29 heteroatoms. The number of pyridine rings is 3. The van der Waals surface area contributed by atoms with E-state index in [2.05, 4.69) is 78.6 Å². The van der Waals surface area contributed by atoms with Crippen LogP contribution >= 0.6 is 31.5 Å². The van der Waals surface area contributed by atoms with Gasteiger partial charge in [0.2, 0.25) is 11.9 Å². The summed E-state index contributed by atoms with van der Waals surface area (Å²) < 4.78 is 119. The van der Waals surface area contributed by atoms with Gasteiger partial charge < -0.3 is 14.6 Å². The summed E-state index contributed by atoms with van der Waals surface area (Å²) in [5.74, 6) is 6.06. The number of anilines is 2. The van der Waals surface area contributed by atoms with Crippen LogP contribution in [0.4, 0.5) is 62.0 Å². The molecule has 4 aromatic heterocycles. The molecule has 4 aliphatic rings. The number of carbonyl (C=O) groups excluding carboxylic acids is 1. The molecule has 13 nitrogen and oxygen atoms in total. The first-order chi connectivity index (χ1) is 31.8. The van der Waals surface area contributed by atoms with E-state index >= 15 is 0 Å². The molecule has 0 unspecified atom stereocenters. The summed E-state index contributed by atoms with van der Waals surface area (Å²) in [4.78, 5) is 56.0. The van der Waals surface area contributed by atoms with Gasteiger partial charge in [-0.05, 0) is 88.1 Å². The van der Waals surface area contributed by atoms with Gasteiger partial charge in [0, 0.05) is 74.8 Å². The summed E-state index contributed by atoms with van der Waals surface area (Å²) in [6.07, 6.45) is 8.09. The largest absolute Gasteiger partial charge is 2.00 e. The van der Waals surface area contributed by atoms with Crippen molar-refractivity contribution in [3.05, 3.63) is 95.7 Å². The molecule has 5 aromatic rings. The molecule has 0 saturated carbocycles. The molecule has 70 heavy (non-hydrogen) atoms. The van der Waals surface area contributed by atoms with Crippen molar-refractivity contribution in [2.75, 3.05) is 62.2 Å². The molecule has 2 fully saturated rings. The van der Waals surface area contributed by atoms with Gasteiger partial charge in [0.05, 0.1) is 0 Å². The van der Waals surface area contributed by atoms with Gasteiger partial charge in [0.15, 0.2) is 17.5 Å². The summed E-state index contributed by atoms with van der Waals surface area (Å²) in [6.45, 7) is 11.4. The Morgan fingerprint density at radius 3 is 1.24 bits per heavy atom. The SMILES string of the molecule is Brc1ccc(-c2nc(-c3ccccn3)nc(-c3ccccn3)n2)cc1.CC(C)=O.F[P-](F)(F)(F)(F)F.F[P-](F)(F)(F)(F)F.[Ru+2].c1cc(N2CCCN3CCCN=C32)nc(N2CCCN3CCCN=C32)c1. The number of carbonyl (C=O) groups is 1. The molecule has 1 aromatic carbocycles. The Hall–Kier alpha value is -4.99. The number of rotatable bonds is 5. The smallest absolute Gasteiger partial charge is 0.342 e. The standard InChI is InChI=1S/C19H12BrN5.C19H27N7.C3H6O.2F6P.Ru/c20-14-9-7-13(8-10-14)17-23-18(15-5-1-3-11-21-15)25-19(24-17)16-6-2-4-12-22-16;1-6-16(25-14-4-12-23-10-2-8-20-18(23)25)22-17(7-1)26-15-5-13-24-11-3-9-21-19(24)26;1-3(2)4;2*1-7(2,3,4,5)6;/h1-12H;1,6-7H,2-5,8-15H2;1-2H3;;;/q;;;2*-1;+2. The van der Waals surface area contributed by atoms with Gasteiger partial charge in [-0.2, -0.15) is 0 Å². The van der Waals surface area contributed by atoms with E-state index in [0.29, 0.717) is 28.9 Å². The van der Waals surface area contributed by atoms with Gasteiger partial charge in [0.1, 0.15) is 28.8 Å². The number of guanidine groups is 2. The van der Waals surface area contributed by atoms with Gasteiger partial charge in [0.25, 0.3) is 0 Å². The number of ketones is 1. The van der Waals surface area contributed by atoms with Crippen LogP contribution in [0.5, 0.6) is 0 Å². The molecule has 9 rings (SSSR count). The topological polar surface area (TPSA) is 132 Å². The molecule has 384 valence electrons. The quantitative estimate of drug-likeness (QED) is 0.0946. The van der Waals surface area contributed by atoms with E-state index in [-0.39, 0.29) is 25.3 Å². The van der Waals surface area contributed by atoms with Crippen LogP contribution < -0.4 is 9.80 Å². The van der Waals surface area contributed by atoms with Crippen LogP contribution in [0.3, 0.4) is 0 Å². The van der Waals surface area contributed by atoms with Crippen LogP contribution in [0.25, 0.3) is 34.4 Å². The van der Waals surface area contributed by atoms with Crippen molar-refractivity contribution in [1.29, 1.82) is 0 Å². The Labute approximate surface area is 415 Å². The minimum atomic E-state index is -10.7. The van der Waals surface area contributed by atoms with Crippen LogP contribution in [0, 0.1) is 0 Å². The third-order valence-corrected chi connectivity index (χ3v) is 9.67. The molecule has 0 atom stereocenters. The van der Waals surface area contributed by atoms with Crippen molar-refractivity contribution in [2.45, 2.75) is 39.5 Å². The van der Waals surface area contributed by atoms with Crippen LogP contribution in [0.15, 0.2) is 106 Å². The predicted molar refractivity (Wildman–Crippen MR) is 248 cm³/mol. The zero-order valence-corrected chi connectivity index (χ0v) is 42.2. The van der Waals surface area contributed by atoms with Gasteiger partial charge in [-0.3, -0.25) is 29.8 Å². The van der Waals surface area contributed by atoms with E-state index < -0.39 is 15.6 Å². The number of Topliss-reactive ketones (excluding diaryl/α,β-unsaturated/α-hetero) is 1. The molecule has 0 aliphatic carbocycles. The Balaban J connectivity index is 0.000000225. The number of aliphatic imine (C=N–C) groups is 2. The molecule has 2 saturated heterocycles. The Bertz CT molecular complexity index is 2440. The summed E-state index contributed by atoms with van der Waals surface area (Å²) in [7, 11) is -21.3. The van der Waals surface area contributed by atoms with Crippen molar-refractivity contribution in [3.8, 4) is 34.4 Å². The van der Waals surface area contributed by atoms with Gasteiger partial charge >= 0.3 is 85.5 Å². The minimum Gasteiger partial charge on any atom is -0.342 e.